The van der Waals surface area contributed by atoms with Gasteiger partial charge in [-0.3, -0.25) is 4.18 Å². The minimum atomic E-state index is -3.58. The maximum atomic E-state index is 11.6. The minimum absolute atomic E-state index is 0.0376. The zero-order valence-corrected chi connectivity index (χ0v) is 48.0. The van der Waals surface area contributed by atoms with Crippen molar-refractivity contribution >= 4 is 10.1 Å². The van der Waals surface area contributed by atoms with Gasteiger partial charge in [0.1, 0.15) is 62.3 Å². The van der Waals surface area contributed by atoms with E-state index in [-0.39, 0.29) is 38.3 Å². The van der Waals surface area contributed by atoms with Crippen LogP contribution in [0.2, 0.25) is 0 Å². The molecule has 13 heteroatoms. The van der Waals surface area contributed by atoms with E-state index in [1.54, 1.807) is 0 Å². The second-order valence-electron chi connectivity index (χ2n) is 21.8. The highest BCUT2D eigenvalue weighted by molar-refractivity contribution is 7.85. The van der Waals surface area contributed by atoms with Gasteiger partial charge < -0.3 is 43.0 Å². The lowest BCUT2D eigenvalue weighted by Crippen LogP contribution is -2.47. The predicted molar refractivity (Wildman–Crippen MR) is 315 cm³/mol. The van der Waals surface area contributed by atoms with E-state index >= 15 is 0 Å². The van der Waals surface area contributed by atoms with Crippen LogP contribution in [0.1, 0.15) is 89.7 Å². The number of hydrogen-bond acceptors (Lipinski definition) is 12. The Balaban J connectivity index is 0.000000173. The number of hydrogen-bond donors (Lipinski definition) is 1. The largest absolute Gasteiger partial charge is 0.490 e. The third-order valence-electron chi connectivity index (χ3n) is 16.2. The van der Waals surface area contributed by atoms with Crippen molar-refractivity contribution < 1.29 is 55.6 Å². The molecule has 0 spiro atoms. The van der Waals surface area contributed by atoms with E-state index in [0.717, 1.165) is 90.1 Å². The molecule has 0 amide bonds. The Morgan fingerprint density at radius 1 is 0.463 bits per heavy atom. The second-order valence-corrected chi connectivity index (χ2v) is 23.5. The molecule has 4 aliphatic rings. The minimum Gasteiger partial charge on any atom is -0.490 e. The summed E-state index contributed by atoms with van der Waals surface area (Å²) in [6, 6.07) is 57.4. The van der Waals surface area contributed by atoms with E-state index in [4.69, 9.17) is 42.1 Å². The number of benzene rings is 8. The van der Waals surface area contributed by atoms with Gasteiger partial charge in [0.25, 0.3) is 10.1 Å². The molecule has 2 aliphatic carbocycles. The fraction of sp³-hybridized carbons (Fsp3) is 0.304. The molecule has 0 aromatic heterocycles. The summed E-state index contributed by atoms with van der Waals surface area (Å²) in [5.41, 5.74) is 14.2. The van der Waals surface area contributed by atoms with Crippen molar-refractivity contribution in [2.24, 2.45) is 0 Å². The highest BCUT2D eigenvalue weighted by Gasteiger charge is 2.54. The molecule has 424 valence electrons. The summed E-state index contributed by atoms with van der Waals surface area (Å²) in [5.74, 6) is 4.37. The summed E-state index contributed by atoms with van der Waals surface area (Å²) < 4.78 is 79.6. The molecular formula is C69H70O12S. The molecule has 4 unspecified atom stereocenters. The Kier molecular flexibility index (Phi) is 16.8. The first-order valence-corrected chi connectivity index (χ1v) is 29.8. The molecular weight excluding hydrogens is 1050 g/mol. The third kappa shape index (κ3) is 12.1. The monoisotopic (exact) mass is 1120 g/mol. The van der Waals surface area contributed by atoms with Gasteiger partial charge in [-0.15, -0.1) is 0 Å². The molecule has 4 atom stereocenters. The van der Waals surface area contributed by atoms with Crippen LogP contribution in [0.4, 0.5) is 0 Å². The van der Waals surface area contributed by atoms with Gasteiger partial charge in [0.15, 0.2) is 23.0 Å². The predicted octanol–water partition coefficient (Wildman–Crippen LogP) is 12.6. The number of rotatable bonds is 20. The number of aliphatic hydroxyl groups is 1. The lowest BCUT2D eigenvalue weighted by Gasteiger charge is -2.41. The van der Waals surface area contributed by atoms with Crippen LogP contribution in [-0.2, 0) is 63.0 Å². The Hall–Kier alpha value is -7.65. The lowest BCUT2D eigenvalue weighted by molar-refractivity contribution is -0.0939. The smallest absolute Gasteiger partial charge is 0.264 e. The molecule has 8 aromatic carbocycles. The quantitative estimate of drug-likeness (QED) is 0.0574. The van der Waals surface area contributed by atoms with Gasteiger partial charge in [-0.25, -0.2) is 0 Å². The summed E-state index contributed by atoms with van der Waals surface area (Å²) in [7, 11) is -3.58. The molecule has 2 heterocycles. The summed E-state index contributed by atoms with van der Waals surface area (Å²) in [5, 5.41) is 9.65. The number of fused-ring (bicyclic) bond motifs is 10. The first-order valence-electron chi connectivity index (χ1n) is 28.0. The standard InChI is InChI=1S/C35H36O7S.C34H34O5/c1-24-14-15-29-33-30-19-32(39-22-27-12-8-5-9-13-27)31(38-21-26-10-6-4-7-11-26)18-28(30)20-35(33,23-40-34(29)25(24)2)41-16-17-42-43(3,36)37;1-23-13-14-28-32-29-18-31(37-21-26-11-7-4-8-12-26)30(36-20-25-9-5-3-6-10-25)17-27(29)19-34(32,39-16-15-35)22-38-33(28)24(23)2/h4-15,18-19,33H,16-17,20-23H2,1-3H3;3-14,17-18,32,35H,15-16,19-22H2,1-2H3. The molecule has 0 saturated carbocycles. The van der Waals surface area contributed by atoms with Crippen LogP contribution in [-0.4, -0.2) is 70.6 Å². The van der Waals surface area contributed by atoms with Crippen molar-refractivity contribution in [1.82, 2.24) is 0 Å². The van der Waals surface area contributed by atoms with Crippen LogP contribution in [0.3, 0.4) is 0 Å². The molecule has 0 saturated heterocycles. The molecule has 2 aliphatic heterocycles. The average molecular weight is 1120 g/mol. The maximum absolute atomic E-state index is 11.6. The first kappa shape index (κ1) is 56.2. The van der Waals surface area contributed by atoms with Gasteiger partial charge in [-0.1, -0.05) is 146 Å². The number of aliphatic hydroxyl groups excluding tert-OH is 1. The summed E-state index contributed by atoms with van der Waals surface area (Å²) in [6.07, 6.45) is 2.28. The molecule has 82 heavy (non-hydrogen) atoms. The van der Waals surface area contributed by atoms with E-state index < -0.39 is 21.3 Å². The molecule has 0 fully saturated rings. The van der Waals surface area contributed by atoms with E-state index in [1.807, 2.05) is 97.1 Å². The van der Waals surface area contributed by atoms with E-state index in [1.165, 1.54) is 5.56 Å². The van der Waals surface area contributed by atoms with Crippen LogP contribution in [0.15, 0.2) is 170 Å². The van der Waals surface area contributed by atoms with Crippen molar-refractivity contribution in [2.45, 2.75) is 90.0 Å². The Labute approximate surface area is 481 Å². The highest BCUT2D eigenvalue weighted by Crippen LogP contribution is 2.57. The van der Waals surface area contributed by atoms with E-state index in [9.17, 15) is 13.5 Å². The van der Waals surface area contributed by atoms with Crippen molar-refractivity contribution in [3.05, 3.63) is 248 Å². The molecule has 0 radical (unpaired) electrons. The van der Waals surface area contributed by atoms with Crippen molar-refractivity contribution in [1.29, 1.82) is 0 Å². The van der Waals surface area contributed by atoms with Crippen LogP contribution >= 0.6 is 0 Å². The van der Waals surface area contributed by atoms with Crippen molar-refractivity contribution in [3.8, 4) is 34.5 Å². The zero-order valence-electron chi connectivity index (χ0n) is 47.2. The molecule has 8 aromatic rings. The van der Waals surface area contributed by atoms with E-state index in [2.05, 4.69) is 100 Å². The van der Waals surface area contributed by atoms with Gasteiger partial charge >= 0.3 is 0 Å². The zero-order chi connectivity index (χ0) is 56.8. The summed E-state index contributed by atoms with van der Waals surface area (Å²) in [6.45, 7) is 11.1. The molecule has 1 N–H and O–H groups in total. The summed E-state index contributed by atoms with van der Waals surface area (Å²) in [4.78, 5) is 0. The van der Waals surface area contributed by atoms with Crippen LogP contribution < -0.4 is 28.4 Å². The van der Waals surface area contributed by atoms with Gasteiger partial charge in [0.05, 0.1) is 32.7 Å². The van der Waals surface area contributed by atoms with Crippen LogP contribution in [0, 0.1) is 27.7 Å². The fourth-order valence-electron chi connectivity index (χ4n) is 11.9. The van der Waals surface area contributed by atoms with E-state index in [0.29, 0.717) is 75.5 Å². The number of ether oxygens (including phenoxy) is 8. The third-order valence-corrected chi connectivity index (χ3v) is 16.8. The second kappa shape index (κ2) is 24.4. The lowest BCUT2D eigenvalue weighted by atomic mass is 9.79. The van der Waals surface area contributed by atoms with Crippen molar-refractivity contribution in [2.75, 3.05) is 45.9 Å². The SMILES string of the molecule is Cc1ccc2c(c1C)OCC1(OCCO)Cc3cc(OCc4ccccc4)c(OCc4ccccc4)cc3C21.Cc1ccc2c(c1C)OCC1(OCCOS(C)(=O)=O)Cc3cc(OCc4ccccc4)c(OCc4ccccc4)cc3C21. The first-order chi connectivity index (χ1) is 39.8. The molecule has 12 rings (SSSR count). The average Bonchev–Trinajstić information content (AvgIpc) is 2.33. The fourth-order valence-corrected chi connectivity index (χ4v) is 12.3. The maximum Gasteiger partial charge on any atom is 0.264 e. The van der Waals surface area contributed by atoms with Gasteiger partial charge in [-0.05, 0) is 119 Å². The van der Waals surface area contributed by atoms with Crippen LogP contribution in [0.25, 0.3) is 0 Å². The Bertz CT molecular complexity index is 3630. The van der Waals surface area contributed by atoms with Crippen molar-refractivity contribution in [3.63, 3.8) is 0 Å². The van der Waals surface area contributed by atoms with Gasteiger partial charge in [-0.2, -0.15) is 8.42 Å². The highest BCUT2D eigenvalue weighted by atomic mass is 32.2. The molecule has 0 bridgehead atoms. The summed E-state index contributed by atoms with van der Waals surface area (Å²) >= 11 is 0. The van der Waals surface area contributed by atoms with Gasteiger partial charge in [0.2, 0.25) is 0 Å². The van der Waals surface area contributed by atoms with Crippen LogP contribution in [0.5, 0.6) is 34.5 Å². The normalized spacial score (nSPS) is 18.9. The molecule has 12 nitrogen and oxygen atoms in total. The van der Waals surface area contributed by atoms with Gasteiger partial charge in [0, 0.05) is 35.8 Å². The topological polar surface area (TPSA) is 137 Å². The number of aryl methyl sites for hydroxylation is 2. The Morgan fingerprint density at radius 3 is 1.17 bits per heavy atom. The Morgan fingerprint density at radius 2 is 0.817 bits per heavy atom.